The highest BCUT2D eigenvalue weighted by molar-refractivity contribution is 9.10. The monoisotopic (exact) mass is 412 g/mol. The van der Waals surface area contributed by atoms with Crippen LogP contribution in [0.15, 0.2) is 33.7 Å². The number of carbonyl (C=O) groups excluding carboxylic acids is 1. The van der Waals surface area contributed by atoms with Crippen molar-refractivity contribution in [3.63, 3.8) is 0 Å². The highest BCUT2D eigenvalue weighted by atomic mass is 79.9. The number of halogens is 1. The maximum absolute atomic E-state index is 11.8. The van der Waals surface area contributed by atoms with Crippen molar-refractivity contribution >= 4 is 27.8 Å². The lowest BCUT2D eigenvalue weighted by Gasteiger charge is -2.23. The Labute approximate surface area is 159 Å². The third-order valence-electron chi connectivity index (χ3n) is 3.54. The molecule has 0 saturated carbocycles. The Kier molecular flexibility index (Phi) is 10.2. The summed E-state index contributed by atoms with van der Waals surface area (Å²) in [5, 5.41) is 3.32. The van der Waals surface area contributed by atoms with E-state index >= 15 is 0 Å². The van der Waals surface area contributed by atoms with E-state index in [1.807, 2.05) is 37.1 Å². The van der Waals surface area contributed by atoms with E-state index < -0.39 is 0 Å². The van der Waals surface area contributed by atoms with E-state index in [1.165, 1.54) is 0 Å². The number of nitrogens with one attached hydrogen (secondary N) is 1. The standard InChI is InChI=1S/C18H29BrN4O2/c1-5-25-12-8-11-20-18(21-13-17(24)22(2)3)23(4)14-15-9-6-7-10-16(15)19/h6-7,9-10H,5,8,11-14H2,1-4H3,(H,20,21). The van der Waals surface area contributed by atoms with Gasteiger partial charge in [0.2, 0.25) is 5.91 Å². The molecular weight excluding hydrogens is 384 g/mol. The van der Waals surface area contributed by atoms with Gasteiger partial charge in [0.15, 0.2) is 5.96 Å². The minimum atomic E-state index is -0.0251. The van der Waals surface area contributed by atoms with Crippen molar-refractivity contribution in [1.82, 2.24) is 15.1 Å². The topological polar surface area (TPSA) is 57.2 Å². The second kappa shape index (κ2) is 11.9. The molecule has 7 heteroatoms. The Bertz CT molecular complexity index is 564. The van der Waals surface area contributed by atoms with Crippen molar-refractivity contribution < 1.29 is 9.53 Å². The molecule has 0 fully saturated rings. The van der Waals surface area contributed by atoms with Gasteiger partial charge in [-0.15, -0.1) is 0 Å². The van der Waals surface area contributed by atoms with Crippen LogP contribution in [0.25, 0.3) is 0 Å². The summed E-state index contributed by atoms with van der Waals surface area (Å²) in [5.41, 5.74) is 1.16. The summed E-state index contributed by atoms with van der Waals surface area (Å²) < 4.78 is 6.41. The highest BCUT2D eigenvalue weighted by Crippen LogP contribution is 2.17. The van der Waals surface area contributed by atoms with Crippen LogP contribution in [0.3, 0.4) is 0 Å². The summed E-state index contributed by atoms with van der Waals surface area (Å²) in [4.78, 5) is 19.9. The Hall–Kier alpha value is -1.60. The highest BCUT2D eigenvalue weighted by Gasteiger charge is 2.10. The first-order valence-corrected chi connectivity index (χ1v) is 9.25. The number of guanidine groups is 1. The van der Waals surface area contributed by atoms with Crippen molar-refractivity contribution in [3.8, 4) is 0 Å². The smallest absolute Gasteiger partial charge is 0.243 e. The van der Waals surface area contributed by atoms with E-state index in [0.717, 1.165) is 29.6 Å². The average Bonchev–Trinajstić information content (AvgIpc) is 2.58. The van der Waals surface area contributed by atoms with Gasteiger partial charge in [0.1, 0.15) is 6.54 Å². The van der Waals surface area contributed by atoms with Gasteiger partial charge in [-0.05, 0) is 25.0 Å². The van der Waals surface area contributed by atoms with Crippen molar-refractivity contribution in [2.24, 2.45) is 4.99 Å². The number of aliphatic imine (C=N–C) groups is 1. The zero-order valence-electron chi connectivity index (χ0n) is 15.6. The second-order valence-electron chi connectivity index (χ2n) is 5.85. The van der Waals surface area contributed by atoms with Crippen LogP contribution >= 0.6 is 15.9 Å². The molecule has 25 heavy (non-hydrogen) atoms. The SMILES string of the molecule is CCOCCCNC(=NCC(=O)N(C)C)N(C)Cc1ccccc1Br. The molecule has 140 valence electrons. The summed E-state index contributed by atoms with van der Waals surface area (Å²) in [6.45, 7) is 4.98. The number of hydrogen-bond acceptors (Lipinski definition) is 3. The van der Waals surface area contributed by atoms with Crippen LogP contribution in [0.4, 0.5) is 0 Å². The van der Waals surface area contributed by atoms with E-state index in [1.54, 1.807) is 19.0 Å². The minimum Gasteiger partial charge on any atom is -0.382 e. The van der Waals surface area contributed by atoms with Gasteiger partial charge < -0.3 is 19.9 Å². The molecule has 0 aliphatic heterocycles. The quantitative estimate of drug-likeness (QED) is 0.384. The Morgan fingerprint density at radius 1 is 1.28 bits per heavy atom. The first kappa shape index (κ1) is 21.4. The summed E-state index contributed by atoms with van der Waals surface area (Å²) in [6.07, 6.45) is 0.886. The second-order valence-corrected chi connectivity index (χ2v) is 6.71. The summed E-state index contributed by atoms with van der Waals surface area (Å²) >= 11 is 3.57. The van der Waals surface area contributed by atoms with Crippen molar-refractivity contribution in [2.75, 3.05) is 47.4 Å². The fourth-order valence-electron chi connectivity index (χ4n) is 2.07. The number of hydrogen-bond donors (Lipinski definition) is 1. The molecule has 0 radical (unpaired) electrons. The van der Waals surface area contributed by atoms with Gasteiger partial charge in [-0.1, -0.05) is 34.1 Å². The molecule has 0 spiro atoms. The molecule has 0 bridgehead atoms. The Balaban J connectivity index is 2.72. The van der Waals surface area contributed by atoms with E-state index in [9.17, 15) is 4.79 Å². The molecule has 1 aromatic carbocycles. The molecule has 1 rings (SSSR count). The van der Waals surface area contributed by atoms with Gasteiger partial charge >= 0.3 is 0 Å². The predicted octanol–water partition coefficient (Wildman–Crippen LogP) is 2.34. The third kappa shape index (κ3) is 8.36. The molecule has 6 nitrogen and oxygen atoms in total. The van der Waals surface area contributed by atoms with Crippen LogP contribution in [0.1, 0.15) is 18.9 Å². The van der Waals surface area contributed by atoms with Crippen molar-refractivity contribution in [3.05, 3.63) is 34.3 Å². The normalized spacial score (nSPS) is 11.3. The molecular formula is C18H29BrN4O2. The number of likely N-dealkylation sites (N-methyl/N-ethyl adjacent to an activating group) is 1. The van der Waals surface area contributed by atoms with Crippen LogP contribution in [0.2, 0.25) is 0 Å². The molecule has 1 amide bonds. The van der Waals surface area contributed by atoms with E-state index in [4.69, 9.17) is 4.74 Å². The zero-order chi connectivity index (χ0) is 18.7. The molecule has 0 aliphatic rings. The first-order valence-electron chi connectivity index (χ1n) is 8.46. The zero-order valence-corrected chi connectivity index (χ0v) is 17.2. The van der Waals surface area contributed by atoms with Crippen molar-refractivity contribution in [2.45, 2.75) is 19.9 Å². The van der Waals surface area contributed by atoms with E-state index in [2.05, 4.69) is 32.3 Å². The Morgan fingerprint density at radius 3 is 2.64 bits per heavy atom. The van der Waals surface area contributed by atoms with Crippen LogP contribution in [-0.4, -0.2) is 69.1 Å². The lowest BCUT2D eigenvalue weighted by atomic mass is 10.2. The van der Waals surface area contributed by atoms with E-state index in [-0.39, 0.29) is 12.5 Å². The van der Waals surface area contributed by atoms with E-state index in [0.29, 0.717) is 19.1 Å². The number of carbonyl (C=O) groups is 1. The molecule has 0 saturated heterocycles. The van der Waals surface area contributed by atoms with Crippen LogP contribution < -0.4 is 5.32 Å². The number of benzene rings is 1. The van der Waals surface area contributed by atoms with Gasteiger partial charge in [0.25, 0.3) is 0 Å². The van der Waals surface area contributed by atoms with Crippen LogP contribution in [0, 0.1) is 0 Å². The molecule has 0 aliphatic carbocycles. The van der Waals surface area contributed by atoms with Gasteiger partial charge in [0.05, 0.1) is 0 Å². The van der Waals surface area contributed by atoms with Crippen molar-refractivity contribution in [1.29, 1.82) is 0 Å². The summed E-state index contributed by atoms with van der Waals surface area (Å²) in [6, 6.07) is 8.09. The predicted molar refractivity (Wildman–Crippen MR) is 106 cm³/mol. The fourth-order valence-corrected chi connectivity index (χ4v) is 2.48. The van der Waals surface area contributed by atoms with Crippen LogP contribution in [-0.2, 0) is 16.1 Å². The third-order valence-corrected chi connectivity index (χ3v) is 4.32. The van der Waals surface area contributed by atoms with Crippen LogP contribution in [0.5, 0.6) is 0 Å². The lowest BCUT2D eigenvalue weighted by Crippen LogP contribution is -2.40. The molecule has 0 atom stereocenters. The molecule has 0 aromatic heterocycles. The molecule has 0 heterocycles. The maximum Gasteiger partial charge on any atom is 0.243 e. The van der Waals surface area contributed by atoms with Gasteiger partial charge in [-0.25, -0.2) is 4.99 Å². The number of amides is 1. The number of rotatable bonds is 9. The lowest BCUT2D eigenvalue weighted by molar-refractivity contribution is -0.127. The minimum absolute atomic E-state index is 0.0251. The molecule has 1 N–H and O–H groups in total. The van der Waals surface area contributed by atoms with Gasteiger partial charge in [-0.3, -0.25) is 4.79 Å². The van der Waals surface area contributed by atoms with Gasteiger partial charge in [0, 0.05) is 51.9 Å². The number of nitrogens with zero attached hydrogens (tertiary/aromatic N) is 3. The Morgan fingerprint density at radius 2 is 2.00 bits per heavy atom. The van der Waals surface area contributed by atoms with Gasteiger partial charge in [-0.2, -0.15) is 0 Å². The number of ether oxygens (including phenoxy) is 1. The summed E-state index contributed by atoms with van der Waals surface area (Å²) in [7, 11) is 5.43. The largest absolute Gasteiger partial charge is 0.382 e. The maximum atomic E-state index is 11.8. The first-order chi connectivity index (χ1) is 12.0. The molecule has 1 aromatic rings. The fraction of sp³-hybridized carbons (Fsp3) is 0.556. The average molecular weight is 413 g/mol. The molecule has 0 unspecified atom stereocenters. The summed E-state index contributed by atoms with van der Waals surface area (Å²) in [5.74, 6) is 0.686.